The number of hydrogen-bond acceptors (Lipinski definition) is 2. The molecule has 0 radical (unpaired) electrons. The van der Waals surface area contributed by atoms with Crippen molar-refractivity contribution in [3.05, 3.63) is 58.1 Å². The fourth-order valence-electron chi connectivity index (χ4n) is 2.50. The van der Waals surface area contributed by atoms with Crippen molar-refractivity contribution in [1.82, 2.24) is 0 Å². The minimum atomic E-state index is 0.698. The van der Waals surface area contributed by atoms with Crippen LogP contribution in [-0.4, -0.2) is 0 Å². The summed E-state index contributed by atoms with van der Waals surface area (Å²) in [5.41, 5.74) is 11.0. The molecule has 2 aromatic rings. The van der Waals surface area contributed by atoms with Crippen molar-refractivity contribution >= 4 is 29.1 Å². The number of fused-ring (bicyclic) bond motifs is 1. The molecule has 0 amide bonds. The van der Waals surface area contributed by atoms with Crippen molar-refractivity contribution in [2.75, 3.05) is 5.73 Å². The first kappa shape index (κ1) is 12.9. The van der Waals surface area contributed by atoms with Crippen molar-refractivity contribution in [3.63, 3.8) is 0 Å². The maximum atomic E-state index is 5.98. The van der Waals surface area contributed by atoms with Crippen molar-refractivity contribution in [3.8, 4) is 0 Å². The predicted octanol–water partition coefficient (Wildman–Crippen LogP) is 4.70. The second-order valence-corrected chi connectivity index (χ2v) is 6.40. The Kier molecular flexibility index (Phi) is 3.72. The van der Waals surface area contributed by atoms with Crippen molar-refractivity contribution in [2.45, 2.75) is 29.9 Å². The average molecular weight is 290 g/mol. The van der Waals surface area contributed by atoms with E-state index in [2.05, 4.69) is 18.2 Å². The van der Waals surface area contributed by atoms with E-state index >= 15 is 0 Å². The largest absolute Gasteiger partial charge is 0.398 e. The molecule has 0 bridgehead atoms. The van der Waals surface area contributed by atoms with Crippen LogP contribution in [0.2, 0.25) is 5.02 Å². The van der Waals surface area contributed by atoms with Crippen LogP contribution in [0.3, 0.4) is 0 Å². The van der Waals surface area contributed by atoms with Gasteiger partial charge < -0.3 is 5.73 Å². The summed E-state index contributed by atoms with van der Waals surface area (Å²) in [5, 5.41) is 0.698. The molecule has 0 saturated heterocycles. The molecular weight excluding hydrogens is 274 g/mol. The SMILES string of the molecule is Nc1cc(Cl)ccc1CSc1ccc2c(c1)CCC2. The number of thioether (sulfide) groups is 1. The van der Waals surface area contributed by atoms with Gasteiger partial charge in [0.25, 0.3) is 0 Å². The first-order chi connectivity index (χ1) is 9.22. The monoisotopic (exact) mass is 289 g/mol. The molecule has 2 N–H and O–H groups in total. The fourth-order valence-corrected chi connectivity index (χ4v) is 3.65. The molecule has 2 aromatic carbocycles. The Morgan fingerprint density at radius 2 is 1.89 bits per heavy atom. The summed E-state index contributed by atoms with van der Waals surface area (Å²) in [6.07, 6.45) is 3.77. The predicted molar refractivity (Wildman–Crippen MR) is 83.9 cm³/mol. The van der Waals surface area contributed by atoms with Gasteiger partial charge in [0.1, 0.15) is 0 Å². The Morgan fingerprint density at radius 1 is 1.05 bits per heavy atom. The minimum Gasteiger partial charge on any atom is -0.398 e. The highest BCUT2D eigenvalue weighted by atomic mass is 35.5. The van der Waals surface area contributed by atoms with E-state index in [9.17, 15) is 0 Å². The highest BCUT2D eigenvalue weighted by Gasteiger charge is 2.11. The van der Waals surface area contributed by atoms with Gasteiger partial charge in [-0.25, -0.2) is 0 Å². The molecule has 0 unspecified atom stereocenters. The molecule has 0 aromatic heterocycles. The van der Waals surface area contributed by atoms with E-state index in [-0.39, 0.29) is 0 Å². The number of nitrogens with two attached hydrogens (primary N) is 1. The van der Waals surface area contributed by atoms with Crippen LogP contribution in [0.25, 0.3) is 0 Å². The molecule has 3 rings (SSSR count). The summed E-state index contributed by atoms with van der Waals surface area (Å²) in [5.74, 6) is 0.891. The first-order valence-corrected chi connectivity index (χ1v) is 7.87. The summed E-state index contributed by atoms with van der Waals surface area (Å²) >= 11 is 7.75. The number of benzene rings is 2. The third-order valence-corrected chi connectivity index (χ3v) is 4.85. The third kappa shape index (κ3) is 2.90. The Balaban J connectivity index is 1.72. The molecule has 0 spiro atoms. The van der Waals surface area contributed by atoms with E-state index in [4.69, 9.17) is 17.3 Å². The van der Waals surface area contributed by atoms with Gasteiger partial charge in [-0.1, -0.05) is 23.7 Å². The molecule has 0 fully saturated rings. The maximum Gasteiger partial charge on any atom is 0.0426 e. The van der Waals surface area contributed by atoms with Crippen LogP contribution in [0.5, 0.6) is 0 Å². The zero-order chi connectivity index (χ0) is 13.2. The Hall–Kier alpha value is -1.12. The smallest absolute Gasteiger partial charge is 0.0426 e. The summed E-state index contributed by atoms with van der Waals surface area (Å²) in [6.45, 7) is 0. The zero-order valence-corrected chi connectivity index (χ0v) is 12.2. The van der Waals surface area contributed by atoms with Crippen LogP contribution in [-0.2, 0) is 18.6 Å². The molecule has 98 valence electrons. The standard InChI is InChI=1S/C16H16ClNS/c17-14-6-4-13(16(18)9-14)10-19-15-7-5-11-2-1-3-12(11)8-15/h4-9H,1-3,10,18H2. The van der Waals surface area contributed by atoms with E-state index in [0.717, 1.165) is 17.0 Å². The van der Waals surface area contributed by atoms with Crippen molar-refractivity contribution in [2.24, 2.45) is 0 Å². The number of nitrogen functional groups attached to an aromatic ring is 1. The maximum absolute atomic E-state index is 5.98. The molecule has 3 heteroatoms. The molecule has 19 heavy (non-hydrogen) atoms. The third-order valence-electron chi connectivity index (χ3n) is 3.57. The Bertz CT molecular complexity index is 610. The van der Waals surface area contributed by atoms with E-state index in [0.29, 0.717) is 5.02 Å². The van der Waals surface area contributed by atoms with Crippen LogP contribution in [0.1, 0.15) is 23.1 Å². The van der Waals surface area contributed by atoms with Gasteiger partial charge in [0.15, 0.2) is 0 Å². The van der Waals surface area contributed by atoms with Crippen LogP contribution in [0.4, 0.5) is 5.69 Å². The van der Waals surface area contributed by atoms with Gasteiger partial charge in [-0.15, -0.1) is 11.8 Å². The van der Waals surface area contributed by atoms with Crippen molar-refractivity contribution < 1.29 is 0 Å². The zero-order valence-electron chi connectivity index (χ0n) is 10.7. The molecule has 1 aliphatic carbocycles. The van der Waals surface area contributed by atoms with Gasteiger partial charge >= 0.3 is 0 Å². The average Bonchev–Trinajstić information content (AvgIpc) is 2.85. The van der Waals surface area contributed by atoms with Gasteiger partial charge in [-0.05, 0) is 60.2 Å². The highest BCUT2D eigenvalue weighted by molar-refractivity contribution is 7.98. The number of halogens is 1. The van der Waals surface area contributed by atoms with E-state index in [1.54, 1.807) is 0 Å². The Morgan fingerprint density at radius 3 is 2.74 bits per heavy atom. The van der Waals surface area contributed by atoms with Gasteiger partial charge in [0, 0.05) is 21.4 Å². The number of anilines is 1. The quantitative estimate of drug-likeness (QED) is 0.654. The van der Waals surface area contributed by atoms with E-state index in [1.807, 2.05) is 30.0 Å². The lowest BCUT2D eigenvalue weighted by atomic mass is 10.1. The molecule has 0 heterocycles. The van der Waals surface area contributed by atoms with Crippen LogP contribution >= 0.6 is 23.4 Å². The summed E-state index contributed by atoms with van der Waals surface area (Å²) in [6, 6.07) is 12.6. The van der Waals surface area contributed by atoms with Gasteiger partial charge in [-0.2, -0.15) is 0 Å². The second-order valence-electron chi connectivity index (χ2n) is 4.92. The van der Waals surface area contributed by atoms with Crippen LogP contribution in [0, 0.1) is 0 Å². The number of aryl methyl sites for hydroxylation is 2. The second kappa shape index (κ2) is 5.48. The molecule has 1 nitrogen and oxygen atoms in total. The van der Waals surface area contributed by atoms with Gasteiger partial charge in [0.2, 0.25) is 0 Å². The van der Waals surface area contributed by atoms with Crippen molar-refractivity contribution in [1.29, 1.82) is 0 Å². The molecule has 0 atom stereocenters. The van der Waals surface area contributed by atoms with E-state index in [1.165, 1.54) is 35.3 Å². The number of hydrogen-bond donors (Lipinski definition) is 1. The highest BCUT2D eigenvalue weighted by Crippen LogP contribution is 2.31. The minimum absolute atomic E-state index is 0.698. The normalized spacial score (nSPS) is 13.5. The molecule has 1 aliphatic rings. The van der Waals surface area contributed by atoms with E-state index < -0.39 is 0 Å². The summed E-state index contributed by atoms with van der Waals surface area (Å²) in [7, 11) is 0. The molecular formula is C16H16ClNS. The van der Waals surface area contributed by atoms with Gasteiger partial charge in [-0.3, -0.25) is 0 Å². The lowest BCUT2D eigenvalue weighted by molar-refractivity contribution is 0.911. The van der Waals surface area contributed by atoms with Crippen LogP contribution in [0.15, 0.2) is 41.3 Å². The molecule has 0 aliphatic heterocycles. The summed E-state index contributed by atoms with van der Waals surface area (Å²) in [4.78, 5) is 1.33. The molecule has 0 saturated carbocycles. The topological polar surface area (TPSA) is 26.0 Å². The summed E-state index contributed by atoms with van der Waals surface area (Å²) < 4.78 is 0. The van der Waals surface area contributed by atoms with Gasteiger partial charge in [0.05, 0.1) is 0 Å². The Labute approximate surface area is 123 Å². The first-order valence-electron chi connectivity index (χ1n) is 6.51. The lowest BCUT2D eigenvalue weighted by Gasteiger charge is -2.07. The lowest BCUT2D eigenvalue weighted by Crippen LogP contribution is -1.92. The number of rotatable bonds is 3. The fraction of sp³-hybridized carbons (Fsp3) is 0.250. The van der Waals surface area contributed by atoms with Crippen LogP contribution < -0.4 is 5.73 Å².